The lowest BCUT2D eigenvalue weighted by Gasteiger charge is -2.19. The van der Waals surface area contributed by atoms with Gasteiger partial charge in [0.1, 0.15) is 6.54 Å². The van der Waals surface area contributed by atoms with Gasteiger partial charge in [0.25, 0.3) is 0 Å². The maximum atomic E-state index is 11.8. The molecule has 0 radical (unpaired) electrons. The summed E-state index contributed by atoms with van der Waals surface area (Å²) in [7, 11) is 3.50. The van der Waals surface area contributed by atoms with Crippen molar-refractivity contribution in [2.24, 2.45) is 10.9 Å². The zero-order valence-electron chi connectivity index (χ0n) is 15.6. The van der Waals surface area contributed by atoms with Crippen molar-refractivity contribution in [3.8, 4) is 0 Å². The van der Waals surface area contributed by atoms with E-state index in [1.165, 1.54) is 17.7 Å². The second-order valence-electron chi connectivity index (χ2n) is 6.76. The molecule has 1 unspecified atom stereocenters. The molecule has 136 valence electrons. The fourth-order valence-electron chi connectivity index (χ4n) is 2.16. The molecule has 0 fully saturated rings. The Kier molecular flexibility index (Phi) is 9.45. The summed E-state index contributed by atoms with van der Waals surface area (Å²) in [6, 6.07) is 4.45. The van der Waals surface area contributed by atoms with E-state index < -0.39 is 0 Å². The molecule has 0 aliphatic carbocycles. The molecule has 0 saturated carbocycles. The van der Waals surface area contributed by atoms with Gasteiger partial charge in [-0.3, -0.25) is 4.79 Å². The Labute approximate surface area is 150 Å². The quantitative estimate of drug-likeness (QED) is 0.530. The number of carbonyl (C=O) groups excluding carboxylic acids is 1. The van der Waals surface area contributed by atoms with Crippen LogP contribution < -0.4 is 10.6 Å². The van der Waals surface area contributed by atoms with E-state index in [1.807, 2.05) is 6.07 Å². The molecule has 6 heteroatoms. The summed E-state index contributed by atoms with van der Waals surface area (Å²) < 4.78 is 0. The molecular weight excluding hydrogens is 320 g/mol. The van der Waals surface area contributed by atoms with Crippen LogP contribution in [-0.4, -0.2) is 43.4 Å². The van der Waals surface area contributed by atoms with Crippen molar-refractivity contribution in [3.63, 3.8) is 0 Å². The molecule has 24 heavy (non-hydrogen) atoms. The van der Waals surface area contributed by atoms with Crippen LogP contribution >= 0.6 is 11.3 Å². The lowest BCUT2D eigenvalue weighted by Crippen LogP contribution is -2.42. The van der Waals surface area contributed by atoms with E-state index in [0.717, 1.165) is 18.9 Å². The highest BCUT2D eigenvalue weighted by atomic mass is 32.1. The average molecular weight is 353 g/mol. The number of aliphatic imine (C=N–C) groups is 1. The lowest BCUT2D eigenvalue weighted by atomic mass is 10.0. The lowest BCUT2D eigenvalue weighted by molar-refractivity contribution is -0.127. The third kappa shape index (κ3) is 8.91. The van der Waals surface area contributed by atoms with Gasteiger partial charge in [-0.15, -0.1) is 11.3 Å². The first-order chi connectivity index (χ1) is 11.4. The molecule has 1 aromatic heterocycles. The van der Waals surface area contributed by atoms with Crippen molar-refractivity contribution in [3.05, 3.63) is 22.4 Å². The van der Waals surface area contributed by atoms with Crippen LogP contribution in [-0.2, 0) is 11.3 Å². The summed E-state index contributed by atoms with van der Waals surface area (Å²) in [5, 5.41) is 8.81. The predicted molar refractivity (Wildman–Crippen MR) is 103 cm³/mol. The second kappa shape index (κ2) is 11.1. The van der Waals surface area contributed by atoms with Crippen molar-refractivity contribution in [1.29, 1.82) is 0 Å². The molecule has 1 rings (SSSR count). The molecule has 0 aliphatic heterocycles. The van der Waals surface area contributed by atoms with Crippen LogP contribution in [0.5, 0.6) is 0 Å². The molecule has 0 aromatic carbocycles. The van der Waals surface area contributed by atoms with Crippen molar-refractivity contribution in [2.75, 3.05) is 20.6 Å². The van der Waals surface area contributed by atoms with Crippen LogP contribution in [0.15, 0.2) is 22.5 Å². The minimum atomic E-state index is -0.000292. The number of hydrogen-bond donors (Lipinski definition) is 2. The van der Waals surface area contributed by atoms with Crippen LogP contribution in [0.2, 0.25) is 0 Å². The first-order valence-electron chi connectivity index (χ1n) is 8.66. The third-order valence-electron chi connectivity index (χ3n) is 3.68. The summed E-state index contributed by atoms with van der Waals surface area (Å²) in [4.78, 5) is 19.0. The van der Waals surface area contributed by atoms with Crippen LogP contribution in [0, 0.1) is 5.92 Å². The van der Waals surface area contributed by atoms with Crippen LogP contribution in [0.3, 0.4) is 0 Å². The van der Waals surface area contributed by atoms with Gasteiger partial charge < -0.3 is 15.5 Å². The van der Waals surface area contributed by atoms with Gasteiger partial charge in [-0.05, 0) is 30.7 Å². The van der Waals surface area contributed by atoms with Gasteiger partial charge in [0.05, 0.1) is 6.54 Å². The Morgan fingerprint density at radius 1 is 1.29 bits per heavy atom. The average Bonchev–Trinajstić information content (AvgIpc) is 3.02. The number of guanidine groups is 1. The number of nitrogens with one attached hydrogen (secondary N) is 2. The zero-order chi connectivity index (χ0) is 17.9. The molecule has 1 heterocycles. The Bertz CT molecular complexity index is 497. The molecule has 1 aromatic rings. The third-order valence-corrected chi connectivity index (χ3v) is 4.56. The van der Waals surface area contributed by atoms with Crippen LogP contribution in [0.4, 0.5) is 0 Å². The number of likely N-dealkylation sites (N-methyl/N-ethyl adjacent to an activating group) is 1. The Morgan fingerprint density at radius 3 is 2.62 bits per heavy atom. The van der Waals surface area contributed by atoms with E-state index in [9.17, 15) is 4.79 Å². The molecule has 2 N–H and O–H groups in total. The van der Waals surface area contributed by atoms with E-state index in [2.05, 4.69) is 47.8 Å². The predicted octanol–water partition coefficient (Wildman–Crippen LogP) is 3.09. The van der Waals surface area contributed by atoms with Gasteiger partial charge in [0, 0.05) is 25.0 Å². The highest BCUT2D eigenvalue weighted by molar-refractivity contribution is 7.09. The standard InChI is InChI=1S/C18H32N4OS/c1-14(2)8-6-9-15(3)21-18(20-13-17(23)22(4)5)19-12-16-10-7-11-24-16/h7,10-11,14-15H,6,8-9,12-13H2,1-5H3,(H2,19,20,21). The van der Waals surface area contributed by atoms with Gasteiger partial charge in [-0.2, -0.15) is 0 Å². The number of thiophene rings is 1. The molecule has 5 nitrogen and oxygen atoms in total. The monoisotopic (exact) mass is 352 g/mol. The largest absolute Gasteiger partial charge is 0.354 e. The molecule has 1 atom stereocenters. The van der Waals surface area contributed by atoms with E-state index in [0.29, 0.717) is 12.0 Å². The first-order valence-corrected chi connectivity index (χ1v) is 9.53. The van der Waals surface area contributed by atoms with E-state index in [-0.39, 0.29) is 12.5 Å². The number of carbonyl (C=O) groups is 1. The van der Waals surface area contributed by atoms with Gasteiger partial charge in [0.2, 0.25) is 5.91 Å². The Balaban J connectivity index is 2.55. The number of nitrogens with zero attached hydrogens (tertiary/aromatic N) is 2. The first kappa shape index (κ1) is 20.5. The maximum Gasteiger partial charge on any atom is 0.243 e. The fourth-order valence-corrected chi connectivity index (χ4v) is 2.81. The van der Waals surface area contributed by atoms with Gasteiger partial charge in [-0.1, -0.05) is 32.8 Å². The Hall–Kier alpha value is -1.56. The van der Waals surface area contributed by atoms with Gasteiger partial charge >= 0.3 is 0 Å². The normalized spacial score (nSPS) is 13.0. The van der Waals surface area contributed by atoms with Crippen LogP contribution in [0.25, 0.3) is 0 Å². The van der Waals surface area contributed by atoms with Crippen molar-refractivity contribution >= 4 is 23.2 Å². The fraction of sp³-hybridized carbons (Fsp3) is 0.667. The van der Waals surface area contributed by atoms with Gasteiger partial charge in [-0.25, -0.2) is 4.99 Å². The SMILES string of the molecule is CC(C)CCCC(C)NC(=NCC(=O)N(C)C)NCc1cccs1. The van der Waals surface area contributed by atoms with Crippen LogP contribution in [0.1, 0.15) is 44.9 Å². The topological polar surface area (TPSA) is 56.7 Å². The van der Waals surface area contributed by atoms with E-state index >= 15 is 0 Å². The molecular formula is C18H32N4OS. The zero-order valence-corrected chi connectivity index (χ0v) is 16.4. The van der Waals surface area contributed by atoms with E-state index in [4.69, 9.17) is 0 Å². The second-order valence-corrected chi connectivity index (χ2v) is 7.79. The number of rotatable bonds is 9. The summed E-state index contributed by atoms with van der Waals surface area (Å²) in [6.45, 7) is 7.54. The minimum Gasteiger partial charge on any atom is -0.354 e. The number of hydrogen-bond acceptors (Lipinski definition) is 3. The minimum absolute atomic E-state index is 0.000292. The summed E-state index contributed by atoms with van der Waals surface area (Å²) in [5.74, 6) is 1.44. The van der Waals surface area contributed by atoms with Gasteiger partial charge in [0.15, 0.2) is 5.96 Å². The highest BCUT2D eigenvalue weighted by Gasteiger charge is 2.09. The highest BCUT2D eigenvalue weighted by Crippen LogP contribution is 2.09. The molecule has 0 spiro atoms. The van der Waals surface area contributed by atoms with Crippen molar-refractivity contribution in [1.82, 2.24) is 15.5 Å². The number of amides is 1. The molecule has 0 saturated heterocycles. The smallest absolute Gasteiger partial charge is 0.243 e. The molecule has 0 bridgehead atoms. The van der Waals surface area contributed by atoms with Crippen molar-refractivity contribution in [2.45, 2.75) is 52.6 Å². The summed E-state index contributed by atoms with van der Waals surface area (Å²) >= 11 is 1.71. The molecule has 1 amide bonds. The Morgan fingerprint density at radius 2 is 2.04 bits per heavy atom. The van der Waals surface area contributed by atoms with Crippen molar-refractivity contribution < 1.29 is 4.79 Å². The van der Waals surface area contributed by atoms with E-state index in [1.54, 1.807) is 30.3 Å². The summed E-state index contributed by atoms with van der Waals surface area (Å²) in [5.41, 5.74) is 0. The summed E-state index contributed by atoms with van der Waals surface area (Å²) in [6.07, 6.45) is 3.53. The molecule has 0 aliphatic rings. The maximum absolute atomic E-state index is 11.8.